The number of rotatable bonds is 7. The summed E-state index contributed by atoms with van der Waals surface area (Å²) in [6.45, 7) is 1.04. The van der Waals surface area contributed by atoms with Crippen LogP contribution in [0.4, 0.5) is 8.78 Å². The lowest BCUT2D eigenvalue weighted by Crippen LogP contribution is -2.20. The lowest BCUT2D eigenvalue weighted by atomic mass is 10.6. The average molecular weight is 222 g/mol. The third-order valence-electron chi connectivity index (χ3n) is 1.43. The molecule has 14 heavy (non-hydrogen) atoms. The molecule has 0 fully saturated rings. The first-order valence-electron chi connectivity index (χ1n) is 4.24. The first-order chi connectivity index (χ1) is 6.79. The Bertz CT molecular complexity index is 231. The summed E-state index contributed by atoms with van der Waals surface area (Å²) in [6.07, 6.45) is -0.649. The Hall–Kier alpha value is -0.590. The van der Waals surface area contributed by atoms with Gasteiger partial charge in [-0.1, -0.05) is 0 Å². The highest BCUT2D eigenvalue weighted by Crippen LogP contribution is 2.02. The molecule has 6 heteroatoms. The van der Waals surface area contributed by atoms with Gasteiger partial charge in [-0.15, -0.1) is 11.3 Å². The number of hydrogen-bond donors (Lipinski definition) is 1. The maximum Gasteiger partial charge on any atom is 0.261 e. The minimum Gasteiger partial charge on any atom is -0.374 e. The molecule has 0 unspecified atom stereocenters. The maximum absolute atomic E-state index is 11.6. The van der Waals surface area contributed by atoms with Gasteiger partial charge in [0, 0.05) is 24.7 Å². The number of nitrogens with zero attached hydrogens (tertiary/aromatic N) is 1. The van der Waals surface area contributed by atoms with Crippen LogP contribution < -0.4 is 5.32 Å². The van der Waals surface area contributed by atoms with Crippen molar-refractivity contribution in [2.45, 2.75) is 13.0 Å². The molecule has 0 amide bonds. The number of aromatic nitrogens is 1. The van der Waals surface area contributed by atoms with E-state index in [0.29, 0.717) is 19.7 Å². The van der Waals surface area contributed by atoms with E-state index in [2.05, 4.69) is 15.0 Å². The third-order valence-corrected chi connectivity index (χ3v) is 2.21. The number of alkyl halides is 2. The fourth-order valence-electron chi connectivity index (χ4n) is 0.852. The highest BCUT2D eigenvalue weighted by molar-refractivity contribution is 7.09. The summed E-state index contributed by atoms with van der Waals surface area (Å²) in [6, 6.07) is 0. The molecule has 1 aromatic rings. The number of thiazole rings is 1. The van der Waals surface area contributed by atoms with Crippen molar-refractivity contribution in [2.75, 3.05) is 19.8 Å². The smallest absolute Gasteiger partial charge is 0.261 e. The minimum absolute atomic E-state index is 0.301. The molecule has 1 rings (SSSR count). The largest absolute Gasteiger partial charge is 0.374 e. The molecule has 80 valence electrons. The number of halogens is 2. The molecule has 0 saturated heterocycles. The number of ether oxygens (including phenoxy) is 1. The van der Waals surface area contributed by atoms with Crippen LogP contribution in [0.3, 0.4) is 0 Å². The van der Waals surface area contributed by atoms with Gasteiger partial charge >= 0.3 is 0 Å². The van der Waals surface area contributed by atoms with E-state index in [1.165, 1.54) is 0 Å². The number of hydrogen-bond acceptors (Lipinski definition) is 4. The molecule has 3 nitrogen and oxygen atoms in total. The van der Waals surface area contributed by atoms with Crippen molar-refractivity contribution >= 4 is 11.3 Å². The van der Waals surface area contributed by atoms with Crippen LogP contribution in [0.1, 0.15) is 5.01 Å². The summed E-state index contributed by atoms with van der Waals surface area (Å²) in [5, 5.41) is 5.92. The van der Waals surface area contributed by atoms with Crippen LogP contribution in [-0.2, 0) is 11.3 Å². The zero-order valence-corrected chi connectivity index (χ0v) is 8.40. The molecule has 0 aliphatic rings. The van der Waals surface area contributed by atoms with Crippen LogP contribution in [0.5, 0.6) is 0 Å². The highest BCUT2D eigenvalue weighted by Gasteiger charge is 2.00. The molecule has 0 aliphatic carbocycles. The Morgan fingerprint density at radius 2 is 2.43 bits per heavy atom. The molecule has 0 radical (unpaired) electrons. The van der Waals surface area contributed by atoms with Gasteiger partial charge in [0.1, 0.15) is 11.6 Å². The summed E-state index contributed by atoms with van der Waals surface area (Å²) < 4.78 is 27.9. The predicted octanol–water partition coefficient (Wildman–Crippen LogP) is 1.51. The van der Waals surface area contributed by atoms with Gasteiger partial charge in [0.2, 0.25) is 0 Å². The summed E-state index contributed by atoms with van der Waals surface area (Å²) in [4.78, 5) is 4.06. The Labute approximate surface area is 85.1 Å². The molecule has 1 aromatic heterocycles. The number of nitrogens with one attached hydrogen (secondary N) is 1. The molecule has 0 saturated carbocycles. The summed E-state index contributed by atoms with van der Waals surface area (Å²) in [5.41, 5.74) is 0. The van der Waals surface area contributed by atoms with E-state index in [1.807, 2.05) is 5.38 Å². The zero-order chi connectivity index (χ0) is 10.2. The maximum atomic E-state index is 11.6. The fraction of sp³-hybridized carbons (Fsp3) is 0.625. The molecule has 1 N–H and O–H groups in total. The van der Waals surface area contributed by atoms with E-state index < -0.39 is 13.0 Å². The molecule has 0 aromatic carbocycles. The van der Waals surface area contributed by atoms with E-state index >= 15 is 0 Å². The van der Waals surface area contributed by atoms with Gasteiger partial charge in [0.25, 0.3) is 6.43 Å². The van der Waals surface area contributed by atoms with Crippen LogP contribution in [0.15, 0.2) is 11.6 Å². The normalized spacial score (nSPS) is 11.1. The molecule has 0 bridgehead atoms. The van der Waals surface area contributed by atoms with Crippen molar-refractivity contribution in [3.63, 3.8) is 0 Å². The third kappa shape index (κ3) is 5.21. The molecule has 0 aliphatic heterocycles. The lowest BCUT2D eigenvalue weighted by Gasteiger charge is -2.03. The standard InChI is InChI=1S/C8H12F2N2OS/c9-7(10)6-13-3-1-11-5-8-12-2-4-14-8/h2,4,7,11H,1,3,5-6H2. The molecule has 1 heterocycles. The second-order valence-electron chi connectivity index (χ2n) is 2.57. The van der Waals surface area contributed by atoms with Gasteiger partial charge in [0.15, 0.2) is 0 Å². The second kappa shape index (κ2) is 6.80. The van der Waals surface area contributed by atoms with Gasteiger partial charge in [-0.3, -0.25) is 0 Å². The zero-order valence-electron chi connectivity index (χ0n) is 7.58. The van der Waals surface area contributed by atoms with Gasteiger partial charge in [0.05, 0.1) is 6.61 Å². The fourth-order valence-corrected chi connectivity index (χ4v) is 1.44. The molecular weight excluding hydrogens is 210 g/mol. The van der Waals surface area contributed by atoms with Crippen molar-refractivity contribution in [2.24, 2.45) is 0 Å². The summed E-state index contributed by atoms with van der Waals surface area (Å²) in [7, 11) is 0. The van der Waals surface area contributed by atoms with E-state index in [9.17, 15) is 8.78 Å². The Morgan fingerprint density at radius 3 is 3.07 bits per heavy atom. The van der Waals surface area contributed by atoms with Crippen molar-refractivity contribution in [3.8, 4) is 0 Å². The molecule has 0 spiro atoms. The van der Waals surface area contributed by atoms with E-state index in [0.717, 1.165) is 5.01 Å². The van der Waals surface area contributed by atoms with Crippen LogP contribution in [0.2, 0.25) is 0 Å². The van der Waals surface area contributed by atoms with Crippen molar-refractivity contribution < 1.29 is 13.5 Å². The van der Waals surface area contributed by atoms with Crippen LogP contribution in [0.25, 0.3) is 0 Å². The highest BCUT2D eigenvalue weighted by atomic mass is 32.1. The average Bonchev–Trinajstić information content (AvgIpc) is 2.63. The van der Waals surface area contributed by atoms with Crippen LogP contribution >= 0.6 is 11.3 Å². The van der Waals surface area contributed by atoms with Gasteiger partial charge in [-0.2, -0.15) is 0 Å². The van der Waals surface area contributed by atoms with Crippen molar-refractivity contribution in [3.05, 3.63) is 16.6 Å². The van der Waals surface area contributed by atoms with Gasteiger partial charge < -0.3 is 10.1 Å². The Kier molecular flexibility index (Phi) is 5.58. The van der Waals surface area contributed by atoms with Crippen LogP contribution in [0, 0.1) is 0 Å². The van der Waals surface area contributed by atoms with Crippen LogP contribution in [-0.4, -0.2) is 31.2 Å². The first-order valence-corrected chi connectivity index (χ1v) is 5.12. The topological polar surface area (TPSA) is 34.1 Å². The van der Waals surface area contributed by atoms with Gasteiger partial charge in [-0.05, 0) is 0 Å². The lowest BCUT2D eigenvalue weighted by molar-refractivity contribution is 0.0187. The Balaban J connectivity index is 1.90. The predicted molar refractivity (Wildman–Crippen MR) is 50.6 cm³/mol. The van der Waals surface area contributed by atoms with Gasteiger partial charge in [-0.25, -0.2) is 13.8 Å². The molecule has 0 atom stereocenters. The monoisotopic (exact) mass is 222 g/mol. The van der Waals surface area contributed by atoms with E-state index in [4.69, 9.17) is 0 Å². The van der Waals surface area contributed by atoms with E-state index in [-0.39, 0.29) is 0 Å². The first kappa shape index (κ1) is 11.5. The molecular formula is C8H12F2N2OS. The SMILES string of the molecule is FC(F)COCCNCc1nccs1. The van der Waals surface area contributed by atoms with Crippen molar-refractivity contribution in [1.82, 2.24) is 10.3 Å². The van der Waals surface area contributed by atoms with Crippen molar-refractivity contribution in [1.29, 1.82) is 0 Å². The van der Waals surface area contributed by atoms with E-state index in [1.54, 1.807) is 17.5 Å². The Morgan fingerprint density at radius 1 is 1.57 bits per heavy atom. The summed E-state index contributed by atoms with van der Waals surface area (Å²) in [5.74, 6) is 0. The summed E-state index contributed by atoms with van der Waals surface area (Å²) >= 11 is 1.56. The minimum atomic E-state index is -2.38. The second-order valence-corrected chi connectivity index (χ2v) is 3.55. The quantitative estimate of drug-likeness (QED) is 0.710.